The van der Waals surface area contributed by atoms with Crippen LogP contribution in [0, 0.1) is 12.7 Å². The number of aryl methyl sites for hydroxylation is 1. The van der Waals surface area contributed by atoms with E-state index in [9.17, 15) is 9.18 Å². The first-order chi connectivity index (χ1) is 11.5. The van der Waals surface area contributed by atoms with Crippen LogP contribution in [0.1, 0.15) is 19.2 Å². The van der Waals surface area contributed by atoms with Crippen molar-refractivity contribution in [2.24, 2.45) is 0 Å². The average Bonchev–Trinajstić information content (AvgIpc) is 2.94. The van der Waals surface area contributed by atoms with E-state index >= 15 is 0 Å². The van der Waals surface area contributed by atoms with Gasteiger partial charge in [0.15, 0.2) is 11.5 Å². The average molecular weight is 327 g/mol. The second-order valence-electron chi connectivity index (χ2n) is 5.52. The summed E-state index contributed by atoms with van der Waals surface area (Å²) in [6.45, 7) is 3.71. The molecule has 0 unspecified atom stereocenters. The number of nitrogens with zero attached hydrogens (tertiary/aromatic N) is 1. The van der Waals surface area contributed by atoms with Gasteiger partial charge in [0.1, 0.15) is 17.4 Å². The van der Waals surface area contributed by atoms with Crippen LogP contribution in [0.4, 0.5) is 15.8 Å². The number of oxazole rings is 1. The Kier molecular flexibility index (Phi) is 4.46. The summed E-state index contributed by atoms with van der Waals surface area (Å²) in [4.78, 5) is 16.7. The maximum Gasteiger partial charge on any atom is 0.246 e. The standard InChI is InChI=1S/C18H18FN3O2/c1-3-15(18(23)22-13-6-4-12(19)5-7-13)21-14-8-9-17-16(10-14)20-11(2)24-17/h4-10,15,21H,3H2,1-2H3,(H,22,23)/t15-/m0/s1. The first kappa shape index (κ1) is 16.0. The van der Waals surface area contributed by atoms with Crippen LogP contribution in [0.25, 0.3) is 11.1 Å². The number of carbonyl (C=O) groups excluding carboxylic acids is 1. The van der Waals surface area contributed by atoms with Crippen LogP contribution >= 0.6 is 0 Å². The fraction of sp³-hybridized carbons (Fsp3) is 0.222. The number of hydrogen-bond donors (Lipinski definition) is 2. The van der Waals surface area contributed by atoms with Crippen molar-refractivity contribution in [1.82, 2.24) is 4.98 Å². The lowest BCUT2D eigenvalue weighted by atomic mass is 10.1. The number of halogens is 1. The van der Waals surface area contributed by atoms with Crippen LogP contribution in [0.3, 0.4) is 0 Å². The van der Waals surface area contributed by atoms with Crippen LogP contribution in [-0.4, -0.2) is 16.9 Å². The Labute approximate surface area is 138 Å². The van der Waals surface area contributed by atoms with E-state index in [1.807, 2.05) is 25.1 Å². The van der Waals surface area contributed by atoms with Crippen LogP contribution < -0.4 is 10.6 Å². The molecular weight excluding hydrogens is 309 g/mol. The Balaban J connectivity index is 1.72. The molecule has 0 bridgehead atoms. The van der Waals surface area contributed by atoms with Crippen molar-refractivity contribution in [2.75, 3.05) is 10.6 Å². The number of carbonyl (C=O) groups is 1. The number of benzene rings is 2. The molecule has 0 saturated heterocycles. The molecule has 1 heterocycles. The molecule has 2 aromatic carbocycles. The van der Waals surface area contributed by atoms with Gasteiger partial charge in [-0.15, -0.1) is 0 Å². The summed E-state index contributed by atoms with van der Waals surface area (Å²) in [5.41, 5.74) is 2.80. The van der Waals surface area contributed by atoms with Gasteiger partial charge in [-0.1, -0.05) is 6.92 Å². The molecule has 3 rings (SSSR count). The second kappa shape index (κ2) is 6.70. The van der Waals surface area contributed by atoms with Gasteiger partial charge < -0.3 is 15.1 Å². The monoisotopic (exact) mass is 327 g/mol. The van der Waals surface area contributed by atoms with Crippen LogP contribution in [0.5, 0.6) is 0 Å². The highest BCUT2D eigenvalue weighted by atomic mass is 19.1. The number of hydrogen-bond acceptors (Lipinski definition) is 4. The molecule has 0 aliphatic rings. The van der Waals surface area contributed by atoms with Crippen molar-refractivity contribution in [1.29, 1.82) is 0 Å². The number of fused-ring (bicyclic) bond motifs is 1. The fourth-order valence-corrected chi connectivity index (χ4v) is 2.45. The lowest BCUT2D eigenvalue weighted by Gasteiger charge is -2.18. The van der Waals surface area contributed by atoms with E-state index in [4.69, 9.17) is 4.42 Å². The molecule has 1 atom stereocenters. The molecule has 1 aromatic heterocycles. The summed E-state index contributed by atoms with van der Waals surface area (Å²) < 4.78 is 18.4. The van der Waals surface area contributed by atoms with E-state index < -0.39 is 6.04 Å². The molecule has 0 spiro atoms. The minimum Gasteiger partial charge on any atom is -0.441 e. The molecule has 0 aliphatic heterocycles. The van der Waals surface area contributed by atoms with Crippen LogP contribution in [0.2, 0.25) is 0 Å². The molecular formula is C18H18FN3O2. The van der Waals surface area contributed by atoms with Gasteiger partial charge in [0.05, 0.1) is 0 Å². The molecule has 0 fully saturated rings. The number of anilines is 2. The smallest absolute Gasteiger partial charge is 0.246 e. The van der Waals surface area contributed by atoms with Gasteiger partial charge in [-0.2, -0.15) is 0 Å². The summed E-state index contributed by atoms with van der Waals surface area (Å²) in [6, 6.07) is 10.8. The molecule has 0 aliphatic carbocycles. The topological polar surface area (TPSA) is 67.2 Å². The summed E-state index contributed by atoms with van der Waals surface area (Å²) in [5.74, 6) is 0.0816. The minimum absolute atomic E-state index is 0.180. The lowest BCUT2D eigenvalue weighted by molar-refractivity contribution is -0.116. The molecule has 3 aromatic rings. The van der Waals surface area contributed by atoms with E-state index in [-0.39, 0.29) is 11.7 Å². The second-order valence-corrected chi connectivity index (χ2v) is 5.52. The molecule has 2 N–H and O–H groups in total. The Morgan fingerprint density at radius 3 is 2.62 bits per heavy atom. The van der Waals surface area contributed by atoms with Crippen molar-refractivity contribution >= 4 is 28.4 Å². The molecule has 1 amide bonds. The predicted molar refractivity (Wildman–Crippen MR) is 91.5 cm³/mol. The quantitative estimate of drug-likeness (QED) is 0.740. The number of rotatable bonds is 5. The Morgan fingerprint density at radius 1 is 1.21 bits per heavy atom. The largest absolute Gasteiger partial charge is 0.441 e. The van der Waals surface area contributed by atoms with Crippen molar-refractivity contribution in [3.8, 4) is 0 Å². The maximum absolute atomic E-state index is 12.9. The molecule has 24 heavy (non-hydrogen) atoms. The van der Waals surface area contributed by atoms with Gasteiger partial charge >= 0.3 is 0 Å². The zero-order valence-corrected chi connectivity index (χ0v) is 13.5. The van der Waals surface area contributed by atoms with Gasteiger partial charge in [0.25, 0.3) is 0 Å². The zero-order valence-electron chi connectivity index (χ0n) is 13.5. The normalized spacial score (nSPS) is 12.1. The predicted octanol–water partition coefficient (Wildman–Crippen LogP) is 4.10. The van der Waals surface area contributed by atoms with Crippen molar-refractivity contribution in [3.05, 3.63) is 54.2 Å². The van der Waals surface area contributed by atoms with Crippen LogP contribution in [-0.2, 0) is 4.79 Å². The van der Waals surface area contributed by atoms with Gasteiger partial charge in [-0.05, 0) is 48.9 Å². The van der Waals surface area contributed by atoms with Gasteiger partial charge in [-0.25, -0.2) is 9.37 Å². The third-order valence-corrected chi connectivity index (χ3v) is 3.67. The Hall–Kier alpha value is -2.89. The number of nitrogens with one attached hydrogen (secondary N) is 2. The molecule has 124 valence electrons. The molecule has 0 saturated carbocycles. The lowest BCUT2D eigenvalue weighted by Crippen LogP contribution is -2.34. The highest BCUT2D eigenvalue weighted by Gasteiger charge is 2.17. The highest BCUT2D eigenvalue weighted by Crippen LogP contribution is 2.21. The van der Waals surface area contributed by atoms with E-state index in [2.05, 4.69) is 15.6 Å². The summed E-state index contributed by atoms with van der Waals surface area (Å²) in [5, 5.41) is 5.97. The van der Waals surface area contributed by atoms with Crippen molar-refractivity contribution in [2.45, 2.75) is 26.3 Å². The minimum atomic E-state index is -0.416. The van der Waals surface area contributed by atoms with E-state index in [0.717, 1.165) is 11.2 Å². The highest BCUT2D eigenvalue weighted by molar-refractivity contribution is 5.96. The summed E-state index contributed by atoms with van der Waals surface area (Å²) in [7, 11) is 0. The van der Waals surface area contributed by atoms with Gasteiger partial charge in [-0.3, -0.25) is 4.79 Å². The Bertz CT molecular complexity index is 858. The first-order valence-electron chi connectivity index (χ1n) is 7.75. The van der Waals surface area contributed by atoms with Crippen molar-refractivity contribution < 1.29 is 13.6 Å². The first-order valence-corrected chi connectivity index (χ1v) is 7.75. The maximum atomic E-state index is 12.9. The Morgan fingerprint density at radius 2 is 1.92 bits per heavy atom. The number of amides is 1. The van der Waals surface area contributed by atoms with Gasteiger partial charge in [0.2, 0.25) is 5.91 Å². The third kappa shape index (κ3) is 3.53. The van der Waals surface area contributed by atoms with E-state index in [1.165, 1.54) is 24.3 Å². The van der Waals surface area contributed by atoms with Crippen LogP contribution in [0.15, 0.2) is 46.9 Å². The van der Waals surface area contributed by atoms with Gasteiger partial charge in [0, 0.05) is 18.3 Å². The fourth-order valence-electron chi connectivity index (χ4n) is 2.45. The zero-order chi connectivity index (χ0) is 17.1. The van der Waals surface area contributed by atoms with Crippen molar-refractivity contribution in [3.63, 3.8) is 0 Å². The van der Waals surface area contributed by atoms with E-state index in [0.29, 0.717) is 23.6 Å². The molecule has 5 nitrogen and oxygen atoms in total. The van der Waals surface area contributed by atoms with E-state index in [1.54, 1.807) is 6.92 Å². The third-order valence-electron chi connectivity index (χ3n) is 3.67. The SMILES string of the molecule is CC[C@H](Nc1ccc2oc(C)nc2c1)C(=O)Nc1ccc(F)cc1. The summed E-state index contributed by atoms with van der Waals surface area (Å²) >= 11 is 0. The number of aromatic nitrogens is 1. The summed E-state index contributed by atoms with van der Waals surface area (Å²) in [6.07, 6.45) is 0.600. The molecule has 6 heteroatoms. The molecule has 0 radical (unpaired) electrons.